The molecule has 7 heteroatoms. The van der Waals surface area contributed by atoms with Crippen LogP contribution in [0.4, 0.5) is 0 Å². The van der Waals surface area contributed by atoms with Gasteiger partial charge in [-0.2, -0.15) is 0 Å². The average molecular weight is 448 g/mol. The molecular weight excluding hydrogens is 406 g/mol. The molecule has 1 aliphatic carbocycles. The van der Waals surface area contributed by atoms with Crippen molar-refractivity contribution in [1.82, 2.24) is 9.62 Å². The molecule has 3 aliphatic rings. The average Bonchev–Trinajstić information content (AvgIpc) is 2.73. The Labute approximate surface area is 190 Å². The van der Waals surface area contributed by atoms with Crippen LogP contribution in [0.3, 0.4) is 0 Å². The highest BCUT2D eigenvalue weighted by atomic mass is 32.3. The molecular formula is C24H41N5OS. The highest BCUT2D eigenvalue weighted by Gasteiger charge is 2.42. The van der Waals surface area contributed by atoms with E-state index in [0.717, 1.165) is 37.9 Å². The van der Waals surface area contributed by atoms with Crippen LogP contribution < -0.4 is 11.1 Å². The van der Waals surface area contributed by atoms with E-state index in [1.807, 2.05) is 18.7 Å². The Bertz CT molecular complexity index is 766. The Morgan fingerprint density at radius 3 is 2.81 bits per heavy atom. The van der Waals surface area contributed by atoms with Gasteiger partial charge in [-0.15, -0.1) is 0 Å². The summed E-state index contributed by atoms with van der Waals surface area (Å²) in [7, 11) is -1.70. The standard InChI is InChI=1S/C24H41N5OS/c1-6-10-26-16-19(15-25)22-14-23(24-18(3)27-11-7-21(24)17(22)2)28-20-8-12-29(13-9-20)31(4,5)30/h8,11-12,14-18,20-22,24,28,30H,6-7,9-10,13,25H2,1-5H3. The molecule has 6 atom stereocenters. The van der Waals surface area contributed by atoms with Crippen LogP contribution in [0.1, 0.15) is 40.0 Å². The van der Waals surface area contributed by atoms with Gasteiger partial charge in [-0.25, -0.2) is 0 Å². The van der Waals surface area contributed by atoms with E-state index in [2.05, 4.69) is 60.0 Å². The summed E-state index contributed by atoms with van der Waals surface area (Å²) in [6.45, 7) is 8.41. The maximum atomic E-state index is 10.4. The van der Waals surface area contributed by atoms with Gasteiger partial charge < -0.3 is 19.9 Å². The van der Waals surface area contributed by atoms with Crippen molar-refractivity contribution in [3.8, 4) is 0 Å². The molecule has 0 fully saturated rings. The Balaban J connectivity index is 1.86. The molecule has 6 nitrogen and oxygen atoms in total. The molecule has 2 aliphatic heterocycles. The molecule has 31 heavy (non-hydrogen) atoms. The third-order valence-corrected chi connectivity index (χ3v) is 8.35. The van der Waals surface area contributed by atoms with Gasteiger partial charge in [0.15, 0.2) is 0 Å². The first-order valence-corrected chi connectivity index (χ1v) is 13.9. The van der Waals surface area contributed by atoms with Gasteiger partial charge in [-0.05, 0) is 62.1 Å². The van der Waals surface area contributed by atoms with Gasteiger partial charge >= 0.3 is 0 Å². The van der Waals surface area contributed by atoms with Gasteiger partial charge in [0.05, 0.1) is 6.04 Å². The van der Waals surface area contributed by atoms with Crippen LogP contribution in [0.5, 0.6) is 0 Å². The fourth-order valence-electron chi connectivity index (χ4n) is 5.13. The second-order valence-corrected chi connectivity index (χ2v) is 12.4. The van der Waals surface area contributed by atoms with E-state index in [9.17, 15) is 4.55 Å². The Kier molecular flexibility index (Phi) is 7.92. The number of aliphatic imine (C=N–C) groups is 2. The summed E-state index contributed by atoms with van der Waals surface area (Å²) in [5.41, 5.74) is 8.45. The lowest BCUT2D eigenvalue weighted by molar-refractivity contribution is 0.186. The van der Waals surface area contributed by atoms with Crippen LogP contribution in [-0.2, 0) is 0 Å². The SMILES string of the molecule is CCCN=CC(=CN)C1C=C(NC2C=CN(S(C)(C)O)CC2)C2C(C)N=CCC2C1C. The van der Waals surface area contributed by atoms with Crippen molar-refractivity contribution in [2.24, 2.45) is 39.4 Å². The fourth-order valence-corrected chi connectivity index (χ4v) is 6.05. The number of nitrogens with one attached hydrogen (secondary N) is 1. The van der Waals surface area contributed by atoms with Gasteiger partial charge in [-0.3, -0.25) is 9.98 Å². The minimum absolute atomic E-state index is 0.248. The third-order valence-electron chi connectivity index (χ3n) is 6.90. The van der Waals surface area contributed by atoms with Crippen molar-refractivity contribution in [3.63, 3.8) is 0 Å². The molecule has 3 rings (SSSR count). The lowest BCUT2D eigenvalue weighted by atomic mass is 9.64. The van der Waals surface area contributed by atoms with Gasteiger partial charge in [0.25, 0.3) is 0 Å². The van der Waals surface area contributed by atoms with Crippen LogP contribution in [0.25, 0.3) is 0 Å². The summed E-state index contributed by atoms with van der Waals surface area (Å²) in [6, 6.07) is 0.529. The zero-order chi connectivity index (χ0) is 22.6. The Morgan fingerprint density at radius 2 is 2.19 bits per heavy atom. The normalized spacial score (nSPS) is 34.6. The Morgan fingerprint density at radius 1 is 1.42 bits per heavy atom. The van der Waals surface area contributed by atoms with Crippen LogP contribution in [-0.4, -0.2) is 59.0 Å². The topological polar surface area (TPSA) is 86.2 Å². The van der Waals surface area contributed by atoms with Gasteiger partial charge in [0.2, 0.25) is 0 Å². The van der Waals surface area contributed by atoms with E-state index in [-0.39, 0.29) is 18.0 Å². The number of nitrogens with two attached hydrogens (primary N) is 1. The number of hydrogen-bond donors (Lipinski definition) is 3. The highest BCUT2D eigenvalue weighted by Crippen LogP contribution is 2.45. The third kappa shape index (κ3) is 5.55. The summed E-state index contributed by atoms with van der Waals surface area (Å²) >= 11 is 0. The zero-order valence-electron chi connectivity index (χ0n) is 19.7. The maximum absolute atomic E-state index is 10.4. The van der Waals surface area contributed by atoms with Crippen LogP contribution in [0.2, 0.25) is 0 Å². The molecule has 0 radical (unpaired) electrons. The number of allylic oxidation sites excluding steroid dienone is 2. The number of rotatable bonds is 7. The summed E-state index contributed by atoms with van der Waals surface area (Å²) < 4.78 is 12.4. The first-order chi connectivity index (χ1) is 14.8. The quantitative estimate of drug-likeness (QED) is 0.511. The molecule has 0 aromatic rings. The minimum Gasteiger partial charge on any atom is -0.404 e. The first kappa shape index (κ1) is 23.9. The zero-order valence-corrected chi connectivity index (χ0v) is 20.6. The van der Waals surface area contributed by atoms with Crippen molar-refractivity contribution in [2.75, 3.05) is 25.6 Å². The molecule has 0 spiro atoms. The van der Waals surface area contributed by atoms with E-state index in [1.54, 1.807) is 6.20 Å². The van der Waals surface area contributed by atoms with Crippen LogP contribution in [0.15, 0.2) is 45.8 Å². The van der Waals surface area contributed by atoms with E-state index in [0.29, 0.717) is 17.8 Å². The fraction of sp³-hybridized carbons (Fsp3) is 0.667. The lowest BCUT2D eigenvalue weighted by Gasteiger charge is -2.46. The second-order valence-electron chi connectivity index (χ2n) is 9.45. The van der Waals surface area contributed by atoms with E-state index in [4.69, 9.17) is 10.7 Å². The van der Waals surface area contributed by atoms with Crippen molar-refractivity contribution >= 4 is 22.9 Å². The monoisotopic (exact) mass is 447 g/mol. The van der Waals surface area contributed by atoms with Gasteiger partial charge in [0.1, 0.15) is 0 Å². The predicted octanol–water partition coefficient (Wildman–Crippen LogP) is 4.18. The molecule has 0 aromatic carbocycles. The van der Waals surface area contributed by atoms with Gasteiger partial charge in [0, 0.05) is 61.6 Å². The molecule has 0 aromatic heterocycles. The molecule has 174 valence electrons. The van der Waals surface area contributed by atoms with E-state index < -0.39 is 10.5 Å². The van der Waals surface area contributed by atoms with Gasteiger partial charge in [-0.1, -0.05) is 30.4 Å². The smallest absolute Gasteiger partial charge is 0.0552 e. The second kappa shape index (κ2) is 10.3. The molecule has 2 heterocycles. The minimum atomic E-state index is -1.70. The molecule has 0 saturated heterocycles. The lowest BCUT2D eigenvalue weighted by Crippen LogP contribution is -2.46. The number of fused-ring (bicyclic) bond motifs is 1. The van der Waals surface area contributed by atoms with Crippen molar-refractivity contribution in [1.29, 1.82) is 0 Å². The summed E-state index contributed by atoms with van der Waals surface area (Å²) in [4.78, 5) is 9.33. The summed E-state index contributed by atoms with van der Waals surface area (Å²) in [5, 5.41) is 3.85. The molecule has 6 unspecified atom stereocenters. The van der Waals surface area contributed by atoms with Crippen LogP contribution in [0, 0.1) is 23.7 Å². The number of nitrogens with zero attached hydrogens (tertiary/aromatic N) is 3. The largest absolute Gasteiger partial charge is 0.404 e. The predicted molar refractivity (Wildman–Crippen MR) is 136 cm³/mol. The van der Waals surface area contributed by atoms with E-state index >= 15 is 0 Å². The molecule has 0 amide bonds. The molecule has 0 bridgehead atoms. The Hall–Kier alpha value is -1.73. The van der Waals surface area contributed by atoms with E-state index in [1.165, 1.54) is 5.70 Å². The highest BCUT2D eigenvalue weighted by molar-refractivity contribution is 8.26. The van der Waals surface area contributed by atoms with Crippen LogP contribution >= 0.6 is 10.5 Å². The van der Waals surface area contributed by atoms with Crippen molar-refractivity contribution in [3.05, 3.63) is 35.8 Å². The van der Waals surface area contributed by atoms with Crippen molar-refractivity contribution < 1.29 is 4.55 Å². The molecule has 4 N–H and O–H groups in total. The molecule has 0 saturated carbocycles. The maximum Gasteiger partial charge on any atom is 0.0552 e. The first-order valence-electron chi connectivity index (χ1n) is 11.6. The summed E-state index contributed by atoms with van der Waals surface area (Å²) in [5.74, 6) is 1.65. The number of hydrogen-bond acceptors (Lipinski definition) is 6. The summed E-state index contributed by atoms with van der Waals surface area (Å²) in [6.07, 6.45) is 19.3. The van der Waals surface area contributed by atoms with Crippen molar-refractivity contribution in [2.45, 2.75) is 52.1 Å².